The molecule has 0 aliphatic carbocycles. The molecule has 0 bridgehead atoms. The second kappa shape index (κ2) is 5.44. The van der Waals surface area contributed by atoms with E-state index in [-0.39, 0.29) is 0 Å². The van der Waals surface area contributed by atoms with Crippen LogP contribution < -0.4 is 5.73 Å². The first-order valence-corrected chi connectivity index (χ1v) is 5.81. The first-order chi connectivity index (χ1) is 6.67. The molecular weight excluding hydrogens is 194 g/mol. The maximum Gasteiger partial charge on any atom is 0.0944 e. The zero-order chi connectivity index (χ0) is 10.6. The summed E-state index contributed by atoms with van der Waals surface area (Å²) < 4.78 is 0. The Bertz CT molecular complexity index is 259. The second-order valence-electron chi connectivity index (χ2n) is 3.59. The Hall–Kier alpha value is -0.450. The third kappa shape index (κ3) is 3.04. The lowest BCUT2D eigenvalue weighted by Crippen LogP contribution is -2.14. The number of nitrogens with two attached hydrogens (primary N) is 1. The number of hydrogen-bond acceptors (Lipinski definition) is 4. The van der Waals surface area contributed by atoms with E-state index in [0.29, 0.717) is 6.54 Å². The molecule has 0 saturated heterocycles. The van der Waals surface area contributed by atoms with Crippen molar-refractivity contribution in [2.75, 3.05) is 20.6 Å². The molecule has 0 fully saturated rings. The van der Waals surface area contributed by atoms with Crippen LogP contribution in [0.5, 0.6) is 0 Å². The predicted octanol–water partition coefficient (Wildman–Crippen LogP) is 1.27. The first kappa shape index (κ1) is 11.6. The highest BCUT2D eigenvalue weighted by atomic mass is 32.1. The Balaban J connectivity index is 2.64. The summed E-state index contributed by atoms with van der Waals surface area (Å²) in [7, 11) is 4.16. The van der Waals surface area contributed by atoms with Crippen molar-refractivity contribution in [1.82, 2.24) is 9.88 Å². The molecule has 0 amide bonds. The maximum atomic E-state index is 5.66. The van der Waals surface area contributed by atoms with Crippen LogP contribution in [0.15, 0.2) is 0 Å². The number of rotatable bonds is 5. The van der Waals surface area contributed by atoms with Crippen molar-refractivity contribution in [3.8, 4) is 0 Å². The summed E-state index contributed by atoms with van der Waals surface area (Å²) in [6.07, 6.45) is 2.02. The van der Waals surface area contributed by atoms with Gasteiger partial charge in [0, 0.05) is 24.4 Å². The van der Waals surface area contributed by atoms with Crippen molar-refractivity contribution in [2.45, 2.75) is 26.3 Å². The highest BCUT2D eigenvalue weighted by molar-refractivity contribution is 7.11. The standard InChI is InChI=1S/C10H19N3S/c1-4-8-9(7-11)14-10(12-8)5-6-13(2)3/h4-7,11H2,1-3H3. The lowest BCUT2D eigenvalue weighted by Gasteiger charge is -2.06. The monoisotopic (exact) mass is 213 g/mol. The molecule has 0 spiro atoms. The molecule has 4 heteroatoms. The molecule has 0 aliphatic rings. The van der Waals surface area contributed by atoms with Gasteiger partial charge in [0.05, 0.1) is 10.7 Å². The molecule has 14 heavy (non-hydrogen) atoms. The minimum atomic E-state index is 0.628. The van der Waals surface area contributed by atoms with Crippen LogP contribution in [0.3, 0.4) is 0 Å². The summed E-state index contributed by atoms with van der Waals surface area (Å²) in [5.74, 6) is 0. The largest absolute Gasteiger partial charge is 0.326 e. The lowest BCUT2D eigenvalue weighted by molar-refractivity contribution is 0.413. The van der Waals surface area contributed by atoms with Gasteiger partial charge in [-0.1, -0.05) is 6.92 Å². The number of thiazole rings is 1. The minimum absolute atomic E-state index is 0.628. The van der Waals surface area contributed by atoms with Gasteiger partial charge in [0.25, 0.3) is 0 Å². The number of aryl methyl sites for hydroxylation is 1. The summed E-state index contributed by atoms with van der Waals surface area (Å²) in [6, 6.07) is 0. The van der Waals surface area contributed by atoms with Gasteiger partial charge in [-0.2, -0.15) is 0 Å². The van der Waals surface area contributed by atoms with Gasteiger partial charge in [0.2, 0.25) is 0 Å². The number of nitrogens with zero attached hydrogens (tertiary/aromatic N) is 2. The number of hydrogen-bond donors (Lipinski definition) is 1. The molecule has 1 heterocycles. The molecule has 0 atom stereocenters. The average Bonchev–Trinajstić information content (AvgIpc) is 2.57. The number of aromatic nitrogens is 1. The highest BCUT2D eigenvalue weighted by Crippen LogP contribution is 2.19. The fraction of sp³-hybridized carbons (Fsp3) is 0.700. The van der Waals surface area contributed by atoms with Crippen LogP contribution in [0.4, 0.5) is 0 Å². The van der Waals surface area contributed by atoms with E-state index in [2.05, 4.69) is 30.9 Å². The first-order valence-electron chi connectivity index (χ1n) is 4.99. The zero-order valence-corrected chi connectivity index (χ0v) is 10.0. The van der Waals surface area contributed by atoms with Crippen LogP contribution in [0, 0.1) is 0 Å². The molecule has 0 radical (unpaired) electrons. The van der Waals surface area contributed by atoms with E-state index in [1.54, 1.807) is 11.3 Å². The Kier molecular flexibility index (Phi) is 4.51. The van der Waals surface area contributed by atoms with Gasteiger partial charge >= 0.3 is 0 Å². The summed E-state index contributed by atoms with van der Waals surface area (Å²) in [6.45, 7) is 3.81. The van der Waals surface area contributed by atoms with Crippen molar-refractivity contribution >= 4 is 11.3 Å². The molecule has 0 saturated carbocycles. The smallest absolute Gasteiger partial charge is 0.0944 e. The van der Waals surface area contributed by atoms with Crippen LogP contribution in [0.2, 0.25) is 0 Å². The lowest BCUT2D eigenvalue weighted by atomic mass is 10.3. The fourth-order valence-electron chi connectivity index (χ4n) is 1.30. The van der Waals surface area contributed by atoms with Crippen molar-refractivity contribution in [2.24, 2.45) is 5.73 Å². The third-order valence-electron chi connectivity index (χ3n) is 2.12. The Morgan fingerprint density at radius 3 is 2.57 bits per heavy atom. The van der Waals surface area contributed by atoms with Crippen LogP contribution in [-0.4, -0.2) is 30.5 Å². The normalized spacial score (nSPS) is 11.2. The van der Waals surface area contributed by atoms with Crippen LogP contribution >= 0.6 is 11.3 Å². The third-order valence-corrected chi connectivity index (χ3v) is 3.30. The highest BCUT2D eigenvalue weighted by Gasteiger charge is 2.07. The summed E-state index contributed by atoms with van der Waals surface area (Å²) in [5, 5.41) is 1.22. The molecule has 1 aromatic rings. The molecule has 0 aliphatic heterocycles. The van der Waals surface area contributed by atoms with E-state index in [9.17, 15) is 0 Å². The van der Waals surface area contributed by atoms with Crippen LogP contribution in [-0.2, 0) is 19.4 Å². The summed E-state index contributed by atoms with van der Waals surface area (Å²) in [5.41, 5.74) is 6.84. The minimum Gasteiger partial charge on any atom is -0.326 e. The fourth-order valence-corrected chi connectivity index (χ4v) is 2.32. The van der Waals surface area contributed by atoms with Crippen molar-refractivity contribution in [3.05, 3.63) is 15.6 Å². The van der Waals surface area contributed by atoms with Crippen molar-refractivity contribution in [1.29, 1.82) is 0 Å². The molecule has 1 rings (SSSR count). The van der Waals surface area contributed by atoms with E-state index in [1.165, 1.54) is 15.6 Å². The van der Waals surface area contributed by atoms with Gasteiger partial charge in [-0.3, -0.25) is 0 Å². The quantitative estimate of drug-likeness (QED) is 0.801. The van der Waals surface area contributed by atoms with Crippen LogP contribution in [0.25, 0.3) is 0 Å². The Morgan fingerprint density at radius 2 is 2.14 bits per heavy atom. The van der Waals surface area contributed by atoms with Gasteiger partial charge in [-0.05, 0) is 20.5 Å². The predicted molar refractivity (Wildman–Crippen MR) is 61.6 cm³/mol. The van der Waals surface area contributed by atoms with Gasteiger partial charge < -0.3 is 10.6 Å². The van der Waals surface area contributed by atoms with Gasteiger partial charge in [-0.25, -0.2) is 4.98 Å². The van der Waals surface area contributed by atoms with E-state index in [0.717, 1.165) is 19.4 Å². The molecule has 0 unspecified atom stereocenters. The Morgan fingerprint density at radius 1 is 1.43 bits per heavy atom. The SMILES string of the molecule is CCc1nc(CCN(C)C)sc1CN. The summed E-state index contributed by atoms with van der Waals surface area (Å²) in [4.78, 5) is 8.01. The number of likely N-dealkylation sites (N-methyl/N-ethyl adjacent to an activating group) is 1. The zero-order valence-electron chi connectivity index (χ0n) is 9.21. The van der Waals surface area contributed by atoms with E-state index in [1.807, 2.05) is 0 Å². The van der Waals surface area contributed by atoms with Gasteiger partial charge in [0.15, 0.2) is 0 Å². The van der Waals surface area contributed by atoms with E-state index >= 15 is 0 Å². The summed E-state index contributed by atoms with van der Waals surface area (Å²) >= 11 is 1.76. The van der Waals surface area contributed by atoms with Crippen LogP contribution in [0.1, 0.15) is 22.5 Å². The maximum absolute atomic E-state index is 5.66. The van der Waals surface area contributed by atoms with Gasteiger partial charge in [0.1, 0.15) is 0 Å². The average molecular weight is 213 g/mol. The molecule has 1 aromatic heterocycles. The Labute approximate surface area is 89.9 Å². The molecule has 3 nitrogen and oxygen atoms in total. The van der Waals surface area contributed by atoms with Crippen molar-refractivity contribution in [3.63, 3.8) is 0 Å². The molecular formula is C10H19N3S. The van der Waals surface area contributed by atoms with Gasteiger partial charge in [-0.15, -0.1) is 11.3 Å². The topological polar surface area (TPSA) is 42.2 Å². The molecule has 80 valence electrons. The van der Waals surface area contributed by atoms with Crippen molar-refractivity contribution < 1.29 is 0 Å². The molecule has 0 aromatic carbocycles. The van der Waals surface area contributed by atoms with E-state index in [4.69, 9.17) is 5.73 Å². The molecule has 2 N–H and O–H groups in total. The second-order valence-corrected chi connectivity index (χ2v) is 4.76. The van der Waals surface area contributed by atoms with E-state index < -0.39 is 0 Å².